The van der Waals surface area contributed by atoms with Gasteiger partial charge in [-0.05, 0) is 40.5 Å². The second-order valence-corrected chi connectivity index (χ2v) is 10.8. The van der Waals surface area contributed by atoms with E-state index in [4.69, 9.17) is 23.7 Å². The molecule has 232 valence electrons. The van der Waals surface area contributed by atoms with Crippen LogP contribution in [-0.2, 0) is 24.6 Å². The lowest BCUT2D eigenvalue weighted by molar-refractivity contribution is -0.0805. The van der Waals surface area contributed by atoms with Crippen molar-refractivity contribution in [1.29, 1.82) is 0 Å². The molecule has 0 radical (unpaired) electrons. The molecule has 0 saturated carbocycles. The zero-order valence-corrected chi connectivity index (χ0v) is 25.2. The highest BCUT2D eigenvalue weighted by atomic mass is 16.6. The first-order valence-electron chi connectivity index (χ1n) is 15.1. The molecule has 0 amide bonds. The molecule has 1 saturated heterocycles. The standard InChI is InChI=1S/C39H34O7/c40-34(18-16-28-17-19-36(37(20-28)46-33-26-42-27-33)44-24-30-12-6-2-7-13-30)39-35(41)21-32(43-23-29-10-4-1-5-11-29)22-38(39)45-25-31-14-8-3-9-15-31/h1-22,33,41H,23-27H2/b18-16+. The molecule has 0 aliphatic carbocycles. The number of rotatable bonds is 14. The van der Waals surface area contributed by atoms with Crippen LogP contribution in [0.3, 0.4) is 0 Å². The van der Waals surface area contributed by atoms with Crippen LogP contribution in [0, 0.1) is 0 Å². The number of carbonyl (C=O) groups excluding carboxylic acids is 1. The monoisotopic (exact) mass is 614 g/mol. The molecule has 5 aromatic carbocycles. The number of phenolic OH excluding ortho intramolecular Hbond substituents is 1. The second-order valence-electron chi connectivity index (χ2n) is 10.8. The summed E-state index contributed by atoms with van der Waals surface area (Å²) in [5.74, 6) is 1.11. The number of ether oxygens (including phenoxy) is 5. The maximum absolute atomic E-state index is 13.6. The van der Waals surface area contributed by atoms with Gasteiger partial charge in [-0.2, -0.15) is 0 Å². The van der Waals surface area contributed by atoms with Gasteiger partial charge in [-0.25, -0.2) is 0 Å². The average Bonchev–Trinajstić information content (AvgIpc) is 3.07. The summed E-state index contributed by atoms with van der Waals surface area (Å²) < 4.78 is 29.5. The van der Waals surface area contributed by atoms with E-state index in [2.05, 4.69) is 0 Å². The first kappa shape index (κ1) is 30.5. The topological polar surface area (TPSA) is 83.5 Å². The summed E-state index contributed by atoms with van der Waals surface area (Å²) in [4.78, 5) is 13.6. The van der Waals surface area contributed by atoms with E-state index in [-0.39, 0.29) is 29.8 Å². The fourth-order valence-electron chi connectivity index (χ4n) is 4.79. The summed E-state index contributed by atoms with van der Waals surface area (Å²) in [6.07, 6.45) is 3.02. The van der Waals surface area contributed by atoms with Crippen LogP contribution >= 0.6 is 0 Å². The van der Waals surface area contributed by atoms with Crippen LogP contribution in [0.15, 0.2) is 127 Å². The first-order chi connectivity index (χ1) is 22.6. The van der Waals surface area contributed by atoms with E-state index in [1.54, 1.807) is 12.1 Å². The van der Waals surface area contributed by atoms with Crippen LogP contribution in [-0.4, -0.2) is 30.2 Å². The van der Waals surface area contributed by atoms with Gasteiger partial charge in [0.05, 0.1) is 13.2 Å². The first-order valence-corrected chi connectivity index (χ1v) is 15.1. The number of hydrogen-bond acceptors (Lipinski definition) is 7. The largest absolute Gasteiger partial charge is 0.507 e. The van der Waals surface area contributed by atoms with Crippen LogP contribution in [0.5, 0.6) is 28.7 Å². The third-order valence-corrected chi connectivity index (χ3v) is 7.32. The van der Waals surface area contributed by atoms with Crippen LogP contribution < -0.4 is 18.9 Å². The van der Waals surface area contributed by atoms with Gasteiger partial charge in [-0.1, -0.05) is 103 Å². The summed E-state index contributed by atoms with van der Waals surface area (Å²) in [5.41, 5.74) is 3.71. The Hall–Kier alpha value is -5.53. The van der Waals surface area contributed by atoms with E-state index >= 15 is 0 Å². The van der Waals surface area contributed by atoms with Crippen LogP contribution in [0.25, 0.3) is 6.08 Å². The smallest absolute Gasteiger partial charge is 0.193 e. The van der Waals surface area contributed by atoms with Crippen molar-refractivity contribution in [2.45, 2.75) is 25.9 Å². The summed E-state index contributed by atoms with van der Waals surface area (Å²) >= 11 is 0. The molecule has 1 N–H and O–H groups in total. The summed E-state index contributed by atoms with van der Waals surface area (Å²) in [7, 11) is 0. The molecule has 0 unspecified atom stereocenters. The summed E-state index contributed by atoms with van der Waals surface area (Å²) in [5, 5.41) is 11.0. The number of aromatic hydroxyl groups is 1. The Kier molecular flexibility index (Phi) is 9.92. The van der Waals surface area contributed by atoms with E-state index in [1.165, 1.54) is 12.1 Å². The fourth-order valence-corrected chi connectivity index (χ4v) is 4.79. The summed E-state index contributed by atoms with van der Waals surface area (Å²) in [6, 6.07) is 37.8. The number of ketones is 1. The molecule has 7 nitrogen and oxygen atoms in total. The minimum absolute atomic E-state index is 0.0464. The molecule has 46 heavy (non-hydrogen) atoms. The molecule has 5 aromatic rings. The molecule has 1 fully saturated rings. The van der Waals surface area contributed by atoms with Crippen molar-refractivity contribution in [2.24, 2.45) is 0 Å². The zero-order valence-electron chi connectivity index (χ0n) is 25.2. The van der Waals surface area contributed by atoms with E-state index in [1.807, 2.05) is 109 Å². The maximum Gasteiger partial charge on any atom is 0.193 e. The minimum Gasteiger partial charge on any atom is -0.507 e. The highest BCUT2D eigenvalue weighted by Gasteiger charge is 2.22. The predicted octanol–water partition coefficient (Wildman–Crippen LogP) is 7.80. The average molecular weight is 615 g/mol. The van der Waals surface area contributed by atoms with Gasteiger partial charge in [0.2, 0.25) is 0 Å². The second kappa shape index (κ2) is 15.0. The van der Waals surface area contributed by atoms with E-state index in [0.29, 0.717) is 43.7 Å². The molecular formula is C39H34O7. The van der Waals surface area contributed by atoms with Gasteiger partial charge in [0.15, 0.2) is 17.3 Å². The molecule has 0 aromatic heterocycles. The molecule has 0 atom stereocenters. The SMILES string of the molecule is O=C(/C=C/c1ccc(OCc2ccccc2)c(OC2COC2)c1)c1c(O)cc(OCc2ccccc2)cc1OCc1ccccc1. The van der Waals surface area contributed by atoms with Gasteiger partial charge in [-0.3, -0.25) is 4.79 Å². The quantitative estimate of drug-likeness (QED) is 0.101. The van der Waals surface area contributed by atoms with Crippen LogP contribution in [0.4, 0.5) is 0 Å². The molecule has 1 aliphatic heterocycles. The highest BCUT2D eigenvalue weighted by molar-refractivity contribution is 6.10. The number of phenols is 1. The molecule has 7 heteroatoms. The van der Waals surface area contributed by atoms with Gasteiger partial charge in [0, 0.05) is 12.1 Å². The minimum atomic E-state index is -0.422. The lowest BCUT2D eigenvalue weighted by atomic mass is 10.1. The predicted molar refractivity (Wildman–Crippen MR) is 175 cm³/mol. The zero-order chi connectivity index (χ0) is 31.6. The number of benzene rings is 5. The van der Waals surface area contributed by atoms with Crippen molar-refractivity contribution < 1.29 is 33.6 Å². The van der Waals surface area contributed by atoms with E-state index < -0.39 is 5.78 Å². The van der Waals surface area contributed by atoms with Crippen molar-refractivity contribution in [3.63, 3.8) is 0 Å². The van der Waals surface area contributed by atoms with Crippen molar-refractivity contribution in [3.05, 3.63) is 155 Å². The van der Waals surface area contributed by atoms with Crippen LogP contribution in [0.1, 0.15) is 32.6 Å². The number of carbonyl (C=O) groups is 1. The lowest BCUT2D eigenvalue weighted by Gasteiger charge is -2.27. The Morgan fingerprint density at radius 1 is 0.674 bits per heavy atom. The highest BCUT2D eigenvalue weighted by Crippen LogP contribution is 2.36. The third-order valence-electron chi connectivity index (χ3n) is 7.32. The molecular weight excluding hydrogens is 580 g/mol. The van der Waals surface area contributed by atoms with Crippen LogP contribution in [0.2, 0.25) is 0 Å². The van der Waals surface area contributed by atoms with Gasteiger partial charge < -0.3 is 28.8 Å². The Balaban J connectivity index is 1.22. The lowest BCUT2D eigenvalue weighted by Crippen LogP contribution is -2.38. The fraction of sp³-hybridized carbons (Fsp3) is 0.154. The van der Waals surface area contributed by atoms with Crippen molar-refractivity contribution in [1.82, 2.24) is 0 Å². The molecule has 0 spiro atoms. The Bertz CT molecular complexity index is 1770. The van der Waals surface area contributed by atoms with Gasteiger partial charge in [0.25, 0.3) is 0 Å². The van der Waals surface area contributed by atoms with Crippen molar-refractivity contribution in [3.8, 4) is 28.7 Å². The molecule has 1 aliphatic rings. The van der Waals surface area contributed by atoms with E-state index in [0.717, 1.165) is 22.3 Å². The Morgan fingerprint density at radius 2 is 1.24 bits per heavy atom. The van der Waals surface area contributed by atoms with Crippen molar-refractivity contribution >= 4 is 11.9 Å². The normalized spacial score (nSPS) is 12.8. The third kappa shape index (κ3) is 8.14. The number of hydrogen-bond donors (Lipinski definition) is 1. The van der Waals surface area contributed by atoms with E-state index in [9.17, 15) is 9.90 Å². The summed E-state index contributed by atoms with van der Waals surface area (Å²) in [6.45, 7) is 1.91. The molecule has 0 bridgehead atoms. The maximum atomic E-state index is 13.6. The molecule has 6 rings (SSSR count). The van der Waals surface area contributed by atoms with Gasteiger partial charge in [-0.15, -0.1) is 0 Å². The Labute approximate surface area is 268 Å². The number of allylic oxidation sites excluding steroid dienone is 1. The van der Waals surface area contributed by atoms with Gasteiger partial charge >= 0.3 is 0 Å². The Morgan fingerprint density at radius 3 is 1.80 bits per heavy atom. The molecule has 1 heterocycles. The van der Waals surface area contributed by atoms with Crippen molar-refractivity contribution in [2.75, 3.05) is 13.2 Å². The van der Waals surface area contributed by atoms with Gasteiger partial charge in [0.1, 0.15) is 48.7 Å².